The lowest BCUT2D eigenvalue weighted by Crippen LogP contribution is -2.31. The summed E-state index contributed by atoms with van der Waals surface area (Å²) in [5.41, 5.74) is 0.801. The number of benzene rings is 2. The van der Waals surface area contributed by atoms with Crippen molar-refractivity contribution in [2.24, 2.45) is 5.92 Å². The number of halogens is 5. The number of methoxy groups -OCH3 is 2. The average Bonchev–Trinajstić information content (AvgIpc) is 3.16. The molecular formula is C21H18BrClF3NO2. The fourth-order valence-corrected chi connectivity index (χ4v) is 5.21. The Morgan fingerprint density at radius 2 is 1.93 bits per heavy atom. The molecule has 4 rings (SSSR count). The van der Waals surface area contributed by atoms with Crippen molar-refractivity contribution in [1.82, 2.24) is 0 Å². The zero-order valence-electron chi connectivity index (χ0n) is 15.6. The smallest absolute Gasteiger partial charge is 0.416 e. The zero-order valence-corrected chi connectivity index (χ0v) is 18.0. The zero-order chi connectivity index (χ0) is 20.9. The van der Waals surface area contributed by atoms with Crippen molar-refractivity contribution < 1.29 is 22.6 Å². The van der Waals surface area contributed by atoms with E-state index in [1.54, 1.807) is 14.2 Å². The average molecular weight is 489 g/mol. The molecule has 1 heterocycles. The van der Waals surface area contributed by atoms with Crippen LogP contribution in [0.4, 0.5) is 18.9 Å². The summed E-state index contributed by atoms with van der Waals surface area (Å²) in [6.45, 7) is 0. The quantitative estimate of drug-likeness (QED) is 0.474. The summed E-state index contributed by atoms with van der Waals surface area (Å²) >= 11 is 9.84. The Hall–Kier alpha value is -1.86. The summed E-state index contributed by atoms with van der Waals surface area (Å²) < 4.78 is 52.6. The summed E-state index contributed by atoms with van der Waals surface area (Å²) in [7, 11) is 3.09. The van der Waals surface area contributed by atoms with E-state index < -0.39 is 11.7 Å². The van der Waals surface area contributed by atoms with Crippen molar-refractivity contribution in [2.45, 2.75) is 24.6 Å². The number of ether oxygens (including phenoxy) is 2. The van der Waals surface area contributed by atoms with Crippen LogP contribution in [0.2, 0.25) is 5.02 Å². The van der Waals surface area contributed by atoms with E-state index in [1.807, 2.05) is 24.3 Å². The second kappa shape index (κ2) is 7.43. The molecule has 0 saturated carbocycles. The Bertz CT molecular complexity index is 993. The lowest BCUT2D eigenvalue weighted by Gasteiger charge is -2.39. The van der Waals surface area contributed by atoms with Gasteiger partial charge < -0.3 is 14.8 Å². The molecule has 0 radical (unpaired) electrons. The molecule has 1 aliphatic heterocycles. The van der Waals surface area contributed by atoms with Gasteiger partial charge in [0.15, 0.2) is 11.5 Å². The first-order chi connectivity index (χ1) is 13.8. The largest absolute Gasteiger partial charge is 0.493 e. The van der Waals surface area contributed by atoms with Gasteiger partial charge in [0.05, 0.1) is 41.0 Å². The highest BCUT2D eigenvalue weighted by atomic mass is 79.9. The molecule has 3 nitrogen and oxygen atoms in total. The maximum Gasteiger partial charge on any atom is 0.416 e. The summed E-state index contributed by atoms with van der Waals surface area (Å²) in [6.07, 6.45) is 0.0166. The van der Waals surface area contributed by atoms with Gasteiger partial charge in [0.1, 0.15) is 0 Å². The lowest BCUT2D eigenvalue weighted by molar-refractivity contribution is -0.138. The van der Waals surface area contributed by atoms with E-state index in [0.717, 1.165) is 11.6 Å². The van der Waals surface area contributed by atoms with Crippen LogP contribution in [-0.2, 0) is 6.18 Å². The van der Waals surface area contributed by atoms with Crippen molar-refractivity contribution in [3.05, 3.63) is 62.6 Å². The lowest BCUT2D eigenvalue weighted by atomic mass is 9.75. The number of alkyl halides is 3. The van der Waals surface area contributed by atoms with Crippen LogP contribution in [0, 0.1) is 5.92 Å². The van der Waals surface area contributed by atoms with Gasteiger partial charge in [-0.3, -0.25) is 0 Å². The van der Waals surface area contributed by atoms with Gasteiger partial charge in [0.25, 0.3) is 0 Å². The molecule has 1 aliphatic carbocycles. The Kier molecular flexibility index (Phi) is 5.23. The maximum atomic E-state index is 13.7. The highest BCUT2D eigenvalue weighted by molar-refractivity contribution is 9.10. The molecular weight excluding hydrogens is 471 g/mol. The Morgan fingerprint density at radius 3 is 2.59 bits per heavy atom. The first-order valence-electron chi connectivity index (χ1n) is 9.00. The predicted octanol–water partition coefficient (Wildman–Crippen LogP) is 6.97. The van der Waals surface area contributed by atoms with Crippen LogP contribution in [0.25, 0.3) is 0 Å². The molecule has 0 saturated heterocycles. The molecule has 2 aromatic rings. The van der Waals surface area contributed by atoms with Crippen LogP contribution < -0.4 is 14.8 Å². The second-order valence-corrected chi connectivity index (χ2v) is 8.36. The molecule has 154 valence electrons. The van der Waals surface area contributed by atoms with Crippen LogP contribution in [0.5, 0.6) is 11.5 Å². The Labute approximate surface area is 180 Å². The van der Waals surface area contributed by atoms with Crippen LogP contribution in [0.15, 0.2) is 40.9 Å². The van der Waals surface area contributed by atoms with Crippen molar-refractivity contribution in [3.63, 3.8) is 0 Å². The minimum atomic E-state index is -4.45. The summed E-state index contributed by atoms with van der Waals surface area (Å²) in [6, 6.07) is 5.89. The topological polar surface area (TPSA) is 30.5 Å². The van der Waals surface area contributed by atoms with Crippen molar-refractivity contribution in [2.75, 3.05) is 19.5 Å². The fourth-order valence-electron chi connectivity index (χ4n) is 4.37. The maximum absolute atomic E-state index is 13.7. The molecule has 0 bridgehead atoms. The summed E-state index contributed by atoms with van der Waals surface area (Å²) in [5.74, 6) is 0.651. The molecule has 2 aliphatic rings. The van der Waals surface area contributed by atoms with Gasteiger partial charge >= 0.3 is 6.18 Å². The predicted molar refractivity (Wildman–Crippen MR) is 110 cm³/mol. The van der Waals surface area contributed by atoms with Gasteiger partial charge in [-0.05, 0) is 63.7 Å². The molecule has 1 N–H and O–H groups in total. The van der Waals surface area contributed by atoms with Crippen molar-refractivity contribution >= 4 is 33.2 Å². The van der Waals surface area contributed by atoms with Crippen molar-refractivity contribution in [3.8, 4) is 11.5 Å². The highest BCUT2D eigenvalue weighted by Crippen LogP contribution is 2.55. The van der Waals surface area contributed by atoms with E-state index in [4.69, 9.17) is 21.1 Å². The molecule has 3 atom stereocenters. The van der Waals surface area contributed by atoms with E-state index in [9.17, 15) is 13.2 Å². The number of allylic oxidation sites excluding steroid dienone is 2. The minimum Gasteiger partial charge on any atom is -0.493 e. The number of rotatable bonds is 3. The van der Waals surface area contributed by atoms with E-state index in [-0.39, 0.29) is 28.5 Å². The number of hydrogen-bond donors (Lipinski definition) is 1. The van der Waals surface area contributed by atoms with Gasteiger partial charge in [-0.2, -0.15) is 13.2 Å². The third-order valence-electron chi connectivity index (χ3n) is 5.59. The van der Waals surface area contributed by atoms with Gasteiger partial charge in [-0.1, -0.05) is 23.8 Å². The molecule has 0 spiro atoms. The van der Waals surface area contributed by atoms with Crippen molar-refractivity contribution in [1.29, 1.82) is 0 Å². The fraction of sp³-hybridized carbons (Fsp3) is 0.333. The molecule has 0 aromatic heterocycles. The van der Waals surface area contributed by atoms with Gasteiger partial charge in [-0.25, -0.2) is 0 Å². The SMILES string of the molecule is COc1cc([C@@H]2Nc3c(Cl)ccc(C(F)(F)F)c3[C@H]3C=CC[C@H]32)cc(Br)c1OC. The highest BCUT2D eigenvalue weighted by Gasteiger charge is 2.45. The summed E-state index contributed by atoms with van der Waals surface area (Å²) in [5, 5.41) is 3.57. The second-order valence-electron chi connectivity index (χ2n) is 7.10. The number of nitrogens with one attached hydrogen (secondary N) is 1. The number of anilines is 1. The van der Waals surface area contributed by atoms with E-state index in [0.29, 0.717) is 28.1 Å². The Balaban J connectivity index is 1.87. The van der Waals surface area contributed by atoms with E-state index >= 15 is 0 Å². The molecule has 0 fully saturated rings. The standard InChI is InChI=1S/C21H18BrClF3NO2/c1-28-16-9-10(8-14(22)20(16)29-2)18-12-5-3-4-11(12)17-13(21(24,25)26)6-7-15(23)19(17)27-18/h3-4,6-9,11-12,18,27H,5H2,1-2H3/t11-,12+,18-/m0/s1. The Morgan fingerprint density at radius 1 is 1.17 bits per heavy atom. The third kappa shape index (κ3) is 3.38. The monoisotopic (exact) mass is 487 g/mol. The van der Waals surface area contributed by atoms with Gasteiger partial charge in [0, 0.05) is 5.92 Å². The molecule has 2 aromatic carbocycles. The first-order valence-corrected chi connectivity index (χ1v) is 10.2. The molecule has 0 amide bonds. The van der Waals surface area contributed by atoms with Crippen LogP contribution >= 0.6 is 27.5 Å². The molecule has 0 unspecified atom stereocenters. The van der Waals surface area contributed by atoms with Gasteiger partial charge in [-0.15, -0.1) is 0 Å². The first kappa shape index (κ1) is 20.4. The van der Waals surface area contributed by atoms with Crippen LogP contribution in [0.3, 0.4) is 0 Å². The van der Waals surface area contributed by atoms with Gasteiger partial charge in [0.2, 0.25) is 0 Å². The van der Waals surface area contributed by atoms with Crippen LogP contribution in [-0.4, -0.2) is 14.2 Å². The number of hydrogen-bond acceptors (Lipinski definition) is 3. The van der Waals surface area contributed by atoms with E-state index in [2.05, 4.69) is 21.2 Å². The molecule has 8 heteroatoms. The van der Waals surface area contributed by atoms with E-state index in [1.165, 1.54) is 6.07 Å². The van der Waals surface area contributed by atoms with Crippen LogP contribution in [0.1, 0.15) is 35.1 Å². The molecule has 29 heavy (non-hydrogen) atoms. The third-order valence-corrected chi connectivity index (χ3v) is 6.49. The minimum absolute atomic E-state index is 0.0768. The number of fused-ring (bicyclic) bond motifs is 3. The summed E-state index contributed by atoms with van der Waals surface area (Å²) in [4.78, 5) is 0. The normalized spacial score (nSPS) is 22.7.